The van der Waals surface area contributed by atoms with E-state index in [0.717, 1.165) is 23.6 Å². The van der Waals surface area contributed by atoms with Crippen molar-refractivity contribution in [2.45, 2.75) is 12.3 Å². The van der Waals surface area contributed by atoms with Crippen molar-refractivity contribution in [2.75, 3.05) is 6.54 Å². The molecule has 0 bridgehead atoms. The van der Waals surface area contributed by atoms with Crippen molar-refractivity contribution in [3.8, 4) is 16.1 Å². The molecule has 3 aliphatic rings. The molecule has 0 aliphatic carbocycles. The number of amidine groups is 1. The van der Waals surface area contributed by atoms with Gasteiger partial charge in [0.25, 0.3) is 0 Å². The third-order valence-corrected chi connectivity index (χ3v) is 10.5. The van der Waals surface area contributed by atoms with E-state index in [4.69, 9.17) is 4.99 Å². The van der Waals surface area contributed by atoms with E-state index in [9.17, 15) is 0 Å². The Morgan fingerprint density at radius 2 is 1.61 bits per heavy atom. The number of rotatable bonds is 5. The van der Waals surface area contributed by atoms with Crippen molar-refractivity contribution in [1.82, 2.24) is 24.9 Å². The van der Waals surface area contributed by atoms with Gasteiger partial charge in [0.05, 0.1) is 11.0 Å². The van der Waals surface area contributed by atoms with E-state index in [1.807, 2.05) is 29.9 Å². The molecule has 0 spiro atoms. The van der Waals surface area contributed by atoms with Gasteiger partial charge in [0, 0.05) is 50.5 Å². The van der Waals surface area contributed by atoms with Gasteiger partial charge in [-0.15, -0.1) is 11.3 Å². The molecule has 0 radical (unpaired) electrons. The fourth-order valence-corrected chi connectivity index (χ4v) is 8.37. The summed E-state index contributed by atoms with van der Waals surface area (Å²) in [6.45, 7) is 0.819. The van der Waals surface area contributed by atoms with Crippen LogP contribution in [0.3, 0.4) is 0 Å². The Kier molecular flexibility index (Phi) is 5.61. The summed E-state index contributed by atoms with van der Waals surface area (Å²) in [5.41, 5.74) is 8.39. The third-order valence-electron chi connectivity index (χ3n) is 9.30. The summed E-state index contributed by atoms with van der Waals surface area (Å²) in [6, 6.07) is 39.5. The van der Waals surface area contributed by atoms with Crippen LogP contribution in [0.25, 0.3) is 48.0 Å². The molecule has 0 saturated carbocycles. The zero-order valence-corrected chi connectivity index (χ0v) is 25.6. The van der Waals surface area contributed by atoms with Crippen molar-refractivity contribution >= 4 is 49.1 Å². The average Bonchev–Trinajstić information content (AvgIpc) is 3.38. The van der Waals surface area contributed by atoms with Gasteiger partial charge in [0.2, 0.25) is 0 Å². The molecule has 7 aromatic rings. The molecular formula is C39H28N6S. The van der Waals surface area contributed by atoms with Crippen LogP contribution < -0.4 is 5.32 Å². The lowest BCUT2D eigenvalue weighted by Gasteiger charge is -2.15. The number of benzene rings is 4. The first-order valence-electron chi connectivity index (χ1n) is 15.6. The number of dihydropyridines is 1. The summed E-state index contributed by atoms with van der Waals surface area (Å²) in [5.74, 6) is 1.00. The Morgan fingerprint density at radius 3 is 2.43 bits per heavy atom. The van der Waals surface area contributed by atoms with Gasteiger partial charge >= 0.3 is 0 Å². The van der Waals surface area contributed by atoms with Crippen LogP contribution >= 0.6 is 11.3 Å². The number of nitrogens with zero attached hydrogens (tertiary/aromatic N) is 5. The van der Waals surface area contributed by atoms with E-state index in [2.05, 4.69) is 146 Å². The Labute approximate surface area is 269 Å². The van der Waals surface area contributed by atoms with Crippen LogP contribution in [0.5, 0.6) is 0 Å². The maximum atomic E-state index is 5.24. The van der Waals surface area contributed by atoms with E-state index < -0.39 is 0 Å². The molecule has 1 fully saturated rings. The van der Waals surface area contributed by atoms with Gasteiger partial charge < -0.3 is 9.88 Å². The first-order valence-corrected chi connectivity index (χ1v) is 16.4. The lowest BCUT2D eigenvalue weighted by atomic mass is 10.1. The van der Waals surface area contributed by atoms with Crippen LogP contribution in [0.15, 0.2) is 151 Å². The monoisotopic (exact) mass is 612 g/mol. The second kappa shape index (κ2) is 10.0. The van der Waals surface area contributed by atoms with Crippen LogP contribution in [0, 0.1) is 0 Å². The molecule has 4 aromatic carbocycles. The van der Waals surface area contributed by atoms with Crippen LogP contribution in [-0.2, 0) is 0 Å². The normalized spacial score (nSPS) is 20.2. The molecule has 7 heteroatoms. The molecule has 220 valence electrons. The topological polar surface area (TPSA) is 48.2 Å². The second-order valence-corrected chi connectivity index (χ2v) is 13.0. The fraction of sp³-hybridized carbons (Fsp3) is 0.0769. The molecule has 10 rings (SSSR count). The Balaban J connectivity index is 1.07. The number of hydrogen-bond acceptors (Lipinski definition) is 6. The second-order valence-electron chi connectivity index (χ2n) is 11.9. The molecule has 0 amide bonds. The lowest BCUT2D eigenvalue weighted by Crippen LogP contribution is -2.21. The molecule has 6 heterocycles. The summed E-state index contributed by atoms with van der Waals surface area (Å²) in [7, 11) is 0. The molecule has 3 aliphatic heterocycles. The quantitative estimate of drug-likeness (QED) is 0.198. The van der Waals surface area contributed by atoms with Crippen molar-refractivity contribution in [3.63, 3.8) is 0 Å². The largest absolute Gasteiger partial charge is 0.387 e. The predicted octanol–water partition coefficient (Wildman–Crippen LogP) is 8.42. The standard InChI is InChI=1S/C39H28N6S/c1-2-6-25(7-3-1)34-24-29-12-15-33-35(36(29)46-34)31-8-4-5-9-32(31)43(33)30-13-10-26(11-14-30)37-42-38(27-16-20-40-21-17-27)45-39(44(37)45)28-18-22-41-23-19-28/h1-20,22-24,38-40H,21H2. The Hall–Kier alpha value is -5.50. The van der Waals surface area contributed by atoms with Gasteiger partial charge in [-0.2, -0.15) is 5.01 Å². The van der Waals surface area contributed by atoms with Crippen LogP contribution in [0.1, 0.15) is 17.3 Å². The van der Waals surface area contributed by atoms with Crippen LogP contribution in [-0.4, -0.2) is 38.1 Å². The van der Waals surface area contributed by atoms with Gasteiger partial charge in [-0.1, -0.05) is 60.7 Å². The summed E-state index contributed by atoms with van der Waals surface area (Å²) in [4.78, 5) is 10.8. The number of thiophene rings is 1. The number of aromatic nitrogens is 2. The first-order chi connectivity index (χ1) is 22.8. The maximum absolute atomic E-state index is 5.24. The van der Waals surface area contributed by atoms with E-state index in [0.29, 0.717) is 0 Å². The highest BCUT2D eigenvalue weighted by Crippen LogP contribution is 2.50. The molecule has 1 saturated heterocycles. The smallest absolute Gasteiger partial charge is 0.149 e. The minimum atomic E-state index is -0.0440. The van der Waals surface area contributed by atoms with Gasteiger partial charge in [0.1, 0.15) is 18.2 Å². The van der Waals surface area contributed by atoms with Crippen LogP contribution in [0.2, 0.25) is 0 Å². The lowest BCUT2D eigenvalue weighted by molar-refractivity contribution is 0.373. The number of hydrogen-bond donors (Lipinski definition) is 1. The van der Waals surface area contributed by atoms with Gasteiger partial charge in [0.15, 0.2) is 0 Å². The van der Waals surface area contributed by atoms with E-state index >= 15 is 0 Å². The fourth-order valence-electron chi connectivity index (χ4n) is 7.15. The van der Waals surface area contributed by atoms with E-state index in [-0.39, 0.29) is 12.3 Å². The van der Waals surface area contributed by atoms with Crippen LogP contribution in [0.4, 0.5) is 0 Å². The first kappa shape index (κ1) is 25.8. The highest BCUT2D eigenvalue weighted by molar-refractivity contribution is 7.23. The van der Waals surface area contributed by atoms with E-state index in [1.54, 1.807) is 0 Å². The van der Waals surface area contributed by atoms with Gasteiger partial charge in [-0.3, -0.25) is 9.99 Å². The number of fused-ring (bicyclic) bond motifs is 6. The number of nitrogens with one attached hydrogen (secondary N) is 1. The van der Waals surface area contributed by atoms with Crippen molar-refractivity contribution in [2.24, 2.45) is 4.99 Å². The van der Waals surface area contributed by atoms with Crippen molar-refractivity contribution < 1.29 is 0 Å². The maximum Gasteiger partial charge on any atom is 0.149 e. The highest BCUT2D eigenvalue weighted by atomic mass is 32.1. The zero-order valence-electron chi connectivity index (χ0n) is 24.8. The summed E-state index contributed by atoms with van der Waals surface area (Å²) in [5, 5.41) is 11.8. The third kappa shape index (κ3) is 3.86. The molecule has 6 nitrogen and oxygen atoms in total. The summed E-state index contributed by atoms with van der Waals surface area (Å²) >= 11 is 1.88. The van der Waals surface area contributed by atoms with Gasteiger partial charge in [-0.05, 0) is 89.0 Å². The minimum absolute atomic E-state index is 0.0440. The highest BCUT2D eigenvalue weighted by Gasteiger charge is 2.57. The molecule has 46 heavy (non-hydrogen) atoms. The van der Waals surface area contributed by atoms with E-state index in [1.165, 1.54) is 53.5 Å². The van der Waals surface area contributed by atoms with Crippen molar-refractivity contribution in [3.05, 3.63) is 157 Å². The van der Waals surface area contributed by atoms with Crippen molar-refractivity contribution in [1.29, 1.82) is 0 Å². The number of hydrazine groups is 1. The molecule has 1 N–H and O–H groups in total. The Morgan fingerprint density at radius 1 is 0.783 bits per heavy atom. The molecule has 3 aromatic heterocycles. The number of para-hydroxylation sites is 1. The molecule has 3 unspecified atom stereocenters. The number of pyridine rings is 1. The SMILES string of the molecule is C1=CC(C2N=C(c3ccc(-n4c5ccccc5c5c6sc(-c7ccccc7)cc6ccc54)cc3)N3C(c4ccncc4)N23)=CCN1. The van der Waals surface area contributed by atoms with Gasteiger partial charge in [-0.25, -0.2) is 4.99 Å². The Bertz CT molecular complexity index is 2380. The average molecular weight is 613 g/mol. The summed E-state index contributed by atoms with van der Waals surface area (Å²) < 4.78 is 3.74. The summed E-state index contributed by atoms with van der Waals surface area (Å²) in [6.07, 6.45) is 10.2. The molecule has 3 atom stereocenters. The minimum Gasteiger partial charge on any atom is -0.387 e. The predicted molar refractivity (Wildman–Crippen MR) is 188 cm³/mol. The number of aliphatic imine (C=N–C) groups is 1. The zero-order chi connectivity index (χ0) is 30.2. The molecular weight excluding hydrogens is 585 g/mol.